The van der Waals surface area contributed by atoms with Crippen molar-refractivity contribution < 1.29 is 39.0 Å². The van der Waals surface area contributed by atoms with Gasteiger partial charge in [0.25, 0.3) is 0 Å². The Morgan fingerprint density at radius 2 is 1.57 bits per heavy atom. The van der Waals surface area contributed by atoms with Crippen molar-refractivity contribution in [2.75, 3.05) is 12.3 Å². The second-order valence-corrected chi connectivity index (χ2v) is 5.99. The summed E-state index contributed by atoms with van der Waals surface area (Å²) in [7, 11) is 0. The Kier molecular flexibility index (Phi) is 11.2. The van der Waals surface area contributed by atoms with Crippen LogP contribution in [0.15, 0.2) is 0 Å². The number of rotatable bonds is 13. The van der Waals surface area contributed by atoms with Crippen molar-refractivity contribution in [1.82, 2.24) is 16.0 Å². The van der Waals surface area contributed by atoms with Crippen LogP contribution in [0.1, 0.15) is 19.3 Å². The lowest BCUT2D eigenvalue weighted by Crippen LogP contribution is -2.55. The number of amides is 4. The maximum absolute atomic E-state index is 12.0. The normalized spacial score (nSPS) is 13.5. The first-order valence-electron chi connectivity index (χ1n) is 7.94. The topological polar surface area (TPSA) is 231 Å². The van der Waals surface area contributed by atoms with Crippen molar-refractivity contribution in [2.24, 2.45) is 11.5 Å². The average molecular weight is 421 g/mol. The number of carbonyl (C=O) groups is 6. The average Bonchev–Trinajstić information content (AvgIpc) is 2.60. The fourth-order valence-electron chi connectivity index (χ4n) is 1.82. The van der Waals surface area contributed by atoms with E-state index in [1.165, 1.54) is 0 Å². The number of hydrogen-bond donors (Lipinski definition) is 8. The van der Waals surface area contributed by atoms with Gasteiger partial charge in [-0.05, 0) is 6.42 Å². The van der Waals surface area contributed by atoms with E-state index in [1.54, 1.807) is 0 Å². The highest BCUT2D eigenvalue weighted by Crippen LogP contribution is 1.97. The molecular weight excluding hydrogens is 398 g/mol. The number of thiol groups is 1. The summed E-state index contributed by atoms with van der Waals surface area (Å²) in [6.45, 7) is -0.555. The zero-order valence-electron chi connectivity index (χ0n) is 14.7. The number of carboxylic acids is 2. The van der Waals surface area contributed by atoms with Crippen LogP contribution >= 0.6 is 12.6 Å². The lowest BCUT2D eigenvalue weighted by molar-refractivity contribution is -0.143. The summed E-state index contributed by atoms with van der Waals surface area (Å²) >= 11 is 3.88. The predicted octanol–water partition coefficient (Wildman–Crippen LogP) is -3.85. The lowest BCUT2D eigenvalue weighted by Gasteiger charge is -2.20. The van der Waals surface area contributed by atoms with Gasteiger partial charge in [0.05, 0.1) is 19.0 Å². The highest BCUT2D eigenvalue weighted by Gasteiger charge is 2.27. The smallest absolute Gasteiger partial charge is 0.326 e. The summed E-state index contributed by atoms with van der Waals surface area (Å²) in [6, 6.07) is -3.95. The maximum Gasteiger partial charge on any atom is 0.326 e. The Morgan fingerprint density at radius 1 is 0.964 bits per heavy atom. The van der Waals surface area contributed by atoms with Crippen LogP contribution in [0.5, 0.6) is 0 Å². The van der Waals surface area contributed by atoms with Crippen molar-refractivity contribution >= 4 is 48.2 Å². The van der Waals surface area contributed by atoms with Crippen LogP contribution in [0.4, 0.5) is 0 Å². The molecule has 3 atom stereocenters. The zero-order valence-corrected chi connectivity index (χ0v) is 15.6. The van der Waals surface area contributed by atoms with Crippen LogP contribution in [-0.2, 0) is 28.8 Å². The van der Waals surface area contributed by atoms with Gasteiger partial charge < -0.3 is 37.6 Å². The molecule has 0 spiro atoms. The summed E-state index contributed by atoms with van der Waals surface area (Å²) in [5.41, 5.74) is 10.4. The predicted molar refractivity (Wildman–Crippen MR) is 97.0 cm³/mol. The molecule has 0 heterocycles. The van der Waals surface area contributed by atoms with E-state index < -0.39 is 66.7 Å². The van der Waals surface area contributed by atoms with Gasteiger partial charge in [0.15, 0.2) is 0 Å². The van der Waals surface area contributed by atoms with Gasteiger partial charge in [0.2, 0.25) is 23.6 Å². The van der Waals surface area contributed by atoms with Gasteiger partial charge in [-0.15, -0.1) is 0 Å². The molecule has 0 fully saturated rings. The molecule has 0 saturated heterocycles. The summed E-state index contributed by atoms with van der Waals surface area (Å²) in [4.78, 5) is 67.8. The Labute approximate surface area is 165 Å². The van der Waals surface area contributed by atoms with E-state index in [2.05, 4.69) is 23.3 Å². The number of nitrogens with one attached hydrogen (secondary N) is 3. The van der Waals surface area contributed by atoms with Gasteiger partial charge in [0.1, 0.15) is 12.1 Å². The van der Waals surface area contributed by atoms with E-state index in [4.69, 9.17) is 21.7 Å². The van der Waals surface area contributed by atoms with Gasteiger partial charge in [-0.1, -0.05) is 0 Å². The van der Waals surface area contributed by atoms with Crippen molar-refractivity contribution in [3.05, 3.63) is 0 Å². The summed E-state index contributed by atoms with van der Waals surface area (Å²) in [5.74, 6) is -6.22. The quantitative estimate of drug-likeness (QED) is 0.136. The first-order chi connectivity index (χ1) is 13.0. The molecule has 9 N–H and O–H groups in total. The molecule has 4 amide bonds. The standard InChI is InChI=1S/C14H23N5O8S/c15-6(1-2-11(22)23)12(24)17-4-10(21)18-8(5-28)13(25)19-7(14(26)27)3-9(16)20/h6-8,28H,1-5,15H2,(H2,16,20)(H,17,24)(H,18,21)(H,19,25)(H,22,23)(H,26,27). The monoisotopic (exact) mass is 421 g/mol. The van der Waals surface area contributed by atoms with Gasteiger partial charge in [0, 0.05) is 12.2 Å². The molecule has 0 rings (SSSR count). The van der Waals surface area contributed by atoms with Crippen LogP contribution in [0.25, 0.3) is 0 Å². The second kappa shape index (κ2) is 12.5. The van der Waals surface area contributed by atoms with Crippen LogP contribution in [-0.4, -0.2) is 76.2 Å². The van der Waals surface area contributed by atoms with Gasteiger partial charge >= 0.3 is 11.9 Å². The summed E-state index contributed by atoms with van der Waals surface area (Å²) in [6.07, 6.45) is -1.09. The fourth-order valence-corrected chi connectivity index (χ4v) is 2.08. The van der Waals surface area contributed by atoms with Crippen LogP contribution in [0, 0.1) is 0 Å². The molecule has 0 aliphatic heterocycles. The lowest BCUT2D eigenvalue weighted by atomic mass is 10.1. The molecule has 0 aliphatic carbocycles. The first-order valence-corrected chi connectivity index (χ1v) is 8.57. The SMILES string of the molecule is NC(=O)CC(NC(=O)C(CS)NC(=O)CNC(=O)C(N)CCC(=O)O)C(=O)O. The number of primary amides is 1. The molecule has 28 heavy (non-hydrogen) atoms. The zero-order chi connectivity index (χ0) is 21.9. The number of carbonyl (C=O) groups excluding carboxylic acids is 4. The molecular formula is C14H23N5O8S. The Bertz CT molecular complexity index is 629. The molecule has 0 aromatic rings. The van der Waals surface area contributed by atoms with Crippen LogP contribution < -0.4 is 27.4 Å². The highest BCUT2D eigenvalue weighted by molar-refractivity contribution is 7.80. The first kappa shape index (κ1) is 25.1. The third kappa shape index (κ3) is 10.3. The number of hydrogen-bond acceptors (Lipinski definition) is 8. The van der Waals surface area contributed by atoms with Crippen LogP contribution in [0.3, 0.4) is 0 Å². The molecule has 14 heteroatoms. The molecule has 0 bridgehead atoms. The van der Waals surface area contributed by atoms with E-state index in [0.29, 0.717) is 0 Å². The Hall–Kier alpha value is -2.87. The van der Waals surface area contributed by atoms with Gasteiger partial charge in [-0.2, -0.15) is 12.6 Å². The number of carboxylic acid groups (broad SMARTS) is 2. The van der Waals surface area contributed by atoms with Crippen molar-refractivity contribution in [3.8, 4) is 0 Å². The molecule has 0 aromatic carbocycles. The molecule has 0 aromatic heterocycles. The van der Waals surface area contributed by atoms with Gasteiger partial charge in [-0.25, -0.2) is 4.79 Å². The summed E-state index contributed by atoms with van der Waals surface area (Å²) < 4.78 is 0. The van der Waals surface area contributed by atoms with E-state index >= 15 is 0 Å². The third-order valence-corrected chi connectivity index (χ3v) is 3.65. The largest absolute Gasteiger partial charge is 0.481 e. The Morgan fingerprint density at radius 3 is 2.04 bits per heavy atom. The maximum atomic E-state index is 12.0. The minimum Gasteiger partial charge on any atom is -0.481 e. The molecule has 158 valence electrons. The van der Waals surface area contributed by atoms with E-state index in [0.717, 1.165) is 0 Å². The minimum absolute atomic E-state index is 0.124. The van der Waals surface area contributed by atoms with E-state index in [1.807, 2.05) is 5.32 Å². The van der Waals surface area contributed by atoms with E-state index in [9.17, 15) is 28.8 Å². The third-order valence-electron chi connectivity index (χ3n) is 3.28. The van der Waals surface area contributed by atoms with Crippen LogP contribution in [0.2, 0.25) is 0 Å². The van der Waals surface area contributed by atoms with Crippen molar-refractivity contribution in [2.45, 2.75) is 37.4 Å². The Balaban J connectivity index is 4.59. The molecule has 13 nitrogen and oxygen atoms in total. The fraction of sp³-hybridized carbons (Fsp3) is 0.571. The molecule has 0 radical (unpaired) electrons. The summed E-state index contributed by atoms with van der Waals surface area (Å²) in [5, 5.41) is 23.9. The number of nitrogens with two attached hydrogens (primary N) is 2. The molecule has 0 saturated carbocycles. The molecule has 0 aliphatic rings. The second-order valence-electron chi connectivity index (χ2n) is 5.63. The minimum atomic E-state index is -1.57. The van der Waals surface area contributed by atoms with Crippen molar-refractivity contribution in [1.29, 1.82) is 0 Å². The molecule has 3 unspecified atom stereocenters. The van der Waals surface area contributed by atoms with Crippen molar-refractivity contribution in [3.63, 3.8) is 0 Å². The highest BCUT2D eigenvalue weighted by atomic mass is 32.1. The number of aliphatic carboxylic acids is 2. The van der Waals surface area contributed by atoms with E-state index in [-0.39, 0.29) is 18.6 Å². The van der Waals surface area contributed by atoms with Gasteiger partial charge in [-0.3, -0.25) is 24.0 Å².